The highest BCUT2D eigenvalue weighted by molar-refractivity contribution is 6.09. The van der Waals surface area contributed by atoms with Gasteiger partial charge in [0, 0.05) is 62.9 Å². The summed E-state index contributed by atoms with van der Waals surface area (Å²) in [4.78, 5) is 31.1. The summed E-state index contributed by atoms with van der Waals surface area (Å²) in [7, 11) is 0. The second-order valence-corrected chi connectivity index (χ2v) is 10.0. The molecule has 3 aromatic rings. The zero-order valence-electron chi connectivity index (χ0n) is 22.8. The minimum Gasteiger partial charge on any atom is -0.395 e. The summed E-state index contributed by atoms with van der Waals surface area (Å²) in [5.41, 5.74) is -2.79. The number of benzene rings is 2. The van der Waals surface area contributed by atoms with E-state index in [4.69, 9.17) is 5.11 Å². The standard InChI is InChI=1S/C29H28F5N5O3.ClH/c30-28(31)10-11-38(27(42)22-19-35-39(26(22)29(32,33)34)20-6-2-1-3-7-20)24-9-5-4-8-21(24)23(28)18-25(41)37-14-12-36(13-15-37)16-17-40;/h1-9,18-19,40H,10-17H2;1H/b23-18-;. The van der Waals surface area contributed by atoms with Crippen LogP contribution in [0.1, 0.15) is 28.0 Å². The van der Waals surface area contributed by atoms with E-state index >= 15 is 8.78 Å². The highest BCUT2D eigenvalue weighted by Crippen LogP contribution is 2.44. The molecule has 230 valence electrons. The van der Waals surface area contributed by atoms with E-state index in [1.807, 2.05) is 4.90 Å². The van der Waals surface area contributed by atoms with E-state index < -0.39 is 53.7 Å². The summed E-state index contributed by atoms with van der Waals surface area (Å²) in [5, 5.41) is 12.9. The minimum absolute atomic E-state index is 0. The maximum absolute atomic E-state index is 15.6. The van der Waals surface area contributed by atoms with Crippen molar-refractivity contribution in [1.29, 1.82) is 0 Å². The van der Waals surface area contributed by atoms with Crippen LogP contribution in [-0.2, 0) is 11.0 Å². The van der Waals surface area contributed by atoms with Crippen LogP contribution in [0.3, 0.4) is 0 Å². The van der Waals surface area contributed by atoms with Gasteiger partial charge in [-0.3, -0.25) is 14.5 Å². The molecule has 2 aliphatic rings. The van der Waals surface area contributed by atoms with Gasteiger partial charge in [-0.2, -0.15) is 18.3 Å². The molecule has 1 saturated heterocycles. The number of aliphatic hydroxyl groups excluding tert-OH is 1. The molecular weight excluding hydrogens is 597 g/mol. The number of carbonyl (C=O) groups is 2. The Kier molecular flexibility index (Phi) is 9.57. The number of carbonyl (C=O) groups excluding carboxylic acids is 2. The van der Waals surface area contributed by atoms with Gasteiger partial charge in [0.2, 0.25) is 5.91 Å². The molecule has 14 heteroatoms. The Balaban J connectivity index is 0.00000423. The van der Waals surface area contributed by atoms with E-state index in [9.17, 15) is 22.8 Å². The van der Waals surface area contributed by atoms with Crippen molar-refractivity contribution in [2.24, 2.45) is 0 Å². The van der Waals surface area contributed by atoms with E-state index in [-0.39, 0.29) is 49.0 Å². The molecule has 0 saturated carbocycles. The summed E-state index contributed by atoms with van der Waals surface area (Å²) in [6.45, 7) is 1.33. The lowest BCUT2D eigenvalue weighted by atomic mass is 9.96. The number of nitrogens with zero attached hydrogens (tertiary/aromatic N) is 5. The Hall–Kier alpha value is -3.81. The first kappa shape index (κ1) is 32.1. The van der Waals surface area contributed by atoms with Crippen LogP contribution in [0.25, 0.3) is 11.3 Å². The normalized spacial score (nSPS) is 18.1. The molecule has 5 rings (SSSR count). The summed E-state index contributed by atoms with van der Waals surface area (Å²) >= 11 is 0. The van der Waals surface area contributed by atoms with Crippen molar-refractivity contribution in [3.63, 3.8) is 0 Å². The van der Waals surface area contributed by atoms with E-state index in [2.05, 4.69) is 5.10 Å². The number of fused-ring (bicyclic) bond motifs is 1. The van der Waals surface area contributed by atoms with E-state index in [0.717, 1.165) is 17.2 Å². The number of aromatic nitrogens is 2. The third-order valence-corrected chi connectivity index (χ3v) is 7.41. The monoisotopic (exact) mass is 625 g/mol. The van der Waals surface area contributed by atoms with Gasteiger partial charge in [-0.25, -0.2) is 13.5 Å². The molecule has 0 spiro atoms. The van der Waals surface area contributed by atoms with Crippen molar-refractivity contribution < 1.29 is 36.6 Å². The maximum atomic E-state index is 15.6. The zero-order chi connectivity index (χ0) is 30.1. The molecule has 0 aliphatic carbocycles. The van der Waals surface area contributed by atoms with Crippen molar-refractivity contribution >= 4 is 35.5 Å². The first-order valence-corrected chi connectivity index (χ1v) is 13.4. The number of allylic oxidation sites excluding steroid dienone is 1. The molecule has 43 heavy (non-hydrogen) atoms. The highest BCUT2D eigenvalue weighted by atomic mass is 35.5. The van der Waals surface area contributed by atoms with Crippen LogP contribution in [0, 0.1) is 0 Å². The Morgan fingerprint density at radius 2 is 1.60 bits per heavy atom. The van der Waals surface area contributed by atoms with Gasteiger partial charge in [0.15, 0.2) is 5.69 Å². The predicted molar refractivity (Wildman–Crippen MR) is 152 cm³/mol. The van der Waals surface area contributed by atoms with Gasteiger partial charge in [0.25, 0.3) is 11.8 Å². The minimum atomic E-state index is -4.98. The van der Waals surface area contributed by atoms with Crippen LogP contribution >= 0.6 is 12.4 Å². The van der Waals surface area contributed by atoms with Crippen LogP contribution < -0.4 is 4.90 Å². The van der Waals surface area contributed by atoms with Gasteiger partial charge >= 0.3 is 6.18 Å². The molecule has 0 unspecified atom stereocenters. The lowest BCUT2D eigenvalue weighted by Gasteiger charge is -2.34. The van der Waals surface area contributed by atoms with Crippen LogP contribution in [0.2, 0.25) is 0 Å². The molecule has 3 heterocycles. The lowest BCUT2D eigenvalue weighted by Crippen LogP contribution is -2.49. The van der Waals surface area contributed by atoms with Gasteiger partial charge in [0.1, 0.15) is 0 Å². The number of halogens is 6. The van der Waals surface area contributed by atoms with E-state index in [1.54, 1.807) is 6.07 Å². The Labute approximate surface area is 250 Å². The SMILES string of the molecule is Cl.O=C(/C=C1/c2ccccc2N(C(=O)c2cnn(-c3ccccc3)c2C(F)(F)F)CCC1(F)F)N1CCN(CCO)CC1. The van der Waals surface area contributed by atoms with Crippen molar-refractivity contribution in [2.75, 3.05) is 50.8 Å². The topological polar surface area (TPSA) is 81.9 Å². The smallest absolute Gasteiger partial charge is 0.395 e. The number of β-amino-alcohol motifs (C(OH)–C–C–N with tert-alkyl or cyclic N) is 1. The molecule has 2 amide bonds. The average Bonchev–Trinajstić information content (AvgIpc) is 3.39. The summed E-state index contributed by atoms with van der Waals surface area (Å²) in [6.07, 6.45) is -4.24. The number of amides is 2. The fourth-order valence-corrected chi connectivity index (χ4v) is 5.27. The summed E-state index contributed by atoms with van der Waals surface area (Å²) < 4.78 is 74.7. The first-order valence-electron chi connectivity index (χ1n) is 13.4. The second-order valence-electron chi connectivity index (χ2n) is 10.0. The molecule has 1 N–H and O–H groups in total. The molecule has 2 aliphatic heterocycles. The lowest BCUT2D eigenvalue weighted by molar-refractivity contribution is -0.143. The molecule has 0 radical (unpaired) electrons. The third-order valence-electron chi connectivity index (χ3n) is 7.41. The third kappa shape index (κ3) is 6.58. The number of hydrogen-bond acceptors (Lipinski definition) is 5. The molecule has 1 aromatic heterocycles. The Morgan fingerprint density at radius 1 is 0.953 bits per heavy atom. The van der Waals surface area contributed by atoms with Gasteiger partial charge in [-0.15, -0.1) is 12.4 Å². The van der Waals surface area contributed by atoms with Gasteiger partial charge in [0.05, 0.1) is 29.7 Å². The summed E-state index contributed by atoms with van der Waals surface area (Å²) in [6, 6.07) is 13.1. The average molecular weight is 626 g/mol. The molecule has 8 nitrogen and oxygen atoms in total. The van der Waals surface area contributed by atoms with Crippen LogP contribution in [0.5, 0.6) is 0 Å². The second kappa shape index (κ2) is 12.8. The number of hydrogen-bond donors (Lipinski definition) is 1. The van der Waals surface area contributed by atoms with Crippen LogP contribution in [-0.4, -0.2) is 88.3 Å². The van der Waals surface area contributed by atoms with Gasteiger partial charge < -0.3 is 14.9 Å². The highest BCUT2D eigenvalue weighted by Gasteiger charge is 2.45. The van der Waals surface area contributed by atoms with Crippen LogP contribution in [0.15, 0.2) is 66.9 Å². The number of anilines is 1. The van der Waals surface area contributed by atoms with Crippen LogP contribution in [0.4, 0.5) is 27.6 Å². The van der Waals surface area contributed by atoms with Crippen molar-refractivity contribution in [2.45, 2.75) is 18.5 Å². The molecular formula is C29H29ClF5N5O3. The molecule has 2 aromatic carbocycles. The Morgan fingerprint density at radius 3 is 2.26 bits per heavy atom. The molecule has 1 fully saturated rings. The van der Waals surface area contributed by atoms with Crippen molar-refractivity contribution in [3.8, 4) is 5.69 Å². The molecule has 0 atom stereocenters. The maximum Gasteiger partial charge on any atom is 0.434 e. The van der Waals surface area contributed by atoms with E-state index in [0.29, 0.717) is 24.3 Å². The van der Waals surface area contributed by atoms with Gasteiger partial charge in [-0.1, -0.05) is 36.4 Å². The van der Waals surface area contributed by atoms with Crippen molar-refractivity contribution in [1.82, 2.24) is 19.6 Å². The fraction of sp³-hybridized carbons (Fsp3) is 0.345. The number of aliphatic hydroxyl groups is 1. The Bertz CT molecular complexity index is 1490. The number of para-hydroxylation sites is 2. The zero-order valence-corrected chi connectivity index (χ0v) is 23.6. The number of rotatable bonds is 5. The quantitative estimate of drug-likeness (QED) is 0.333. The van der Waals surface area contributed by atoms with Crippen molar-refractivity contribution in [3.05, 3.63) is 83.7 Å². The number of alkyl halides is 5. The van der Waals surface area contributed by atoms with E-state index in [1.165, 1.54) is 53.4 Å². The fourth-order valence-electron chi connectivity index (χ4n) is 5.27. The predicted octanol–water partition coefficient (Wildman–Crippen LogP) is 4.52. The molecule has 0 bridgehead atoms. The largest absolute Gasteiger partial charge is 0.434 e. The van der Waals surface area contributed by atoms with Gasteiger partial charge in [-0.05, 0) is 18.2 Å². The summed E-state index contributed by atoms with van der Waals surface area (Å²) in [5.74, 6) is -5.33. The first-order chi connectivity index (χ1) is 20.0. The number of piperazine rings is 1.